The highest BCUT2D eigenvalue weighted by atomic mass is 35.5. The van der Waals surface area contributed by atoms with Crippen molar-refractivity contribution in [2.45, 2.75) is 40.2 Å². The SMILES string of the molecule is CCCNc1cc(C(=O)N(CC)C(C)C)c(Cl)cn1. The molecular formula is C14H22ClN3O. The molecule has 0 saturated heterocycles. The number of nitrogens with one attached hydrogen (secondary N) is 1. The molecule has 0 aliphatic heterocycles. The molecule has 0 aliphatic rings. The van der Waals surface area contributed by atoms with Gasteiger partial charge in [0, 0.05) is 25.3 Å². The third-order valence-corrected chi connectivity index (χ3v) is 3.17. The van der Waals surface area contributed by atoms with Crippen LogP contribution in [0.3, 0.4) is 0 Å². The molecule has 1 aromatic rings. The van der Waals surface area contributed by atoms with Crippen LogP contribution in [0.25, 0.3) is 0 Å². The molecule has 0 bridgehead atoms. The van der Waals surface area contributed by atoms with Gasteiger partial charge in [-0.15, -0.1) is 0 Å². The van der Waals surface area contributed by atoms with Crippen molar-refractivity contribution in [3.05, 3.63) is 22.8 Å². The first-order valence-electron chi connectivity index (χ1n) is 6.71. The molecule has 0 fully saturated rings. The van der Waals surface area contributed by atoms with E-state index in [1.54, 1.807) is 11.0 Å². The highest BCUT2D eigenvalue weighted by molar-refractivity contribution is 6.33. The van der Waals surface area contributed by atoms with E-state index in [0.717, 1.165) is 13.0 Å². The molecule has 0 spiro atoms. The van der Waals surface area contributed by atoms with Crippen LogP contribution in [0.5, 0.6) is 0 Å². The lowest BCUT2D eigenvalue weighted by molar-refractivity contribution is 0.0717. The molecule has 0 aliphatic carbocycles. The molecular weight excluding hydrogens is 262 g/mol. The van der Waals surface area contributed by atoms with Crippen molar-refractivity contribution in [2.24, 2.45) is 0 Å². The van der Waals surface area contributed by atoms with Crippen LogP contribution in [0.1, 0.15) is 44.5 Å². The summed E-state index contributed by atoms with van der Waals surface area (Å²) in [7, 11) is 0. The molecule has 1 heterocycles. The minimum Gasteiger partial charge on any atom is -0.370 e. The average Bonchev–Trinajstić information content (AvgIpc) is 2.38. The molecule has 1 aromatic heterocycles. The molecule has 0 saturated carbocycles. The van der Waals surface area contributed by atoms with E-state index < -0.39 is 0 Å². The molecule has 19 heavy (non-hydrogen) atoms. The number of amides is 1. The summed E-state index contributed by atoms with van der Waals surface area (Å²) in [4.78, 5) is 18.4. The molecule has 1 N–H and O–H groups in total. The number of carbonyl (C=O) groups is 1. The normalized spacial score (nSPS) is 10.6. The fourth-order valence-corrected chi connectivity index (χ4v) is 2.03. The van der Waals surface area contributed by atoms with Gasteiger partial charge in [0.2, 0.25) is 0 Å². The van der Waals surface area contributed by atoms with Gasteiger partial charge in [0.15, 0.2) is 0 Å². The number of rotatable bonds is 6. The Kier molecular flexibility index (Phi) is 6.09. The van der Waals surface area contributed by atoms with Crippen LogP contribution in [0.15, 0.2) is 12.3 Å². The standard InChI is InChI=1S/C14H22ClN3O/c1-5-7-16-13-8-11(12(15)9-17-13)14(19)18(6-2)10(3)4/h8-10H,5-7H2,1-4H3,(H,16,17). The van der Waals surface area contributed by atoms with Crippen molar-refractivity contribution in [3.63, 3.8) is 0 Å². The third-order valence-electron chi connectivity index (χ3n) is 2.87. The maximum absolute atomic E-state index is 12.5. The van der Waals surface area contributed by atoms with Crippen molar-refractivity contribution in [3.8, 4) is 0 Å². The van der Waals surface area contributed by atoms with E-state index in [4.69, 9.17) is 11.6 Å². The largest absolute Gasteiger partial charge is 0.370 e. The van der Waals surface area contributed by atoms with Gasteiger partial charge in [-0.05, 0) is 33.3 Å². The van der Waals surface area contributed by atoms with Gasteiger partial charge in [-0.25, -0.2) is 4.98 Å². The Labute approximate surface area is 120 Å². The summed E-state index contributed by atoms with van der Waals surface area (Å²) >= 11 is 6.09. The molecule has 1 amide bonds. The second-order valence-corrected chi connectivity index (χ2v) is 5.07. The molecule has 0 atom stereocenters. The molecule has 1 rings (SSSR count). The van der Waals surface area contributed by atoms with E-state index >= 15 is 0 Å². The predicted octanol–water partition coefficient (Wildman–Crippen LogP) is 3.43. The number of carbonyl (C=O) groups excluding carboxylic acids is 1. The van der Waals surface area contributed by atoms with E-state index in [0.29, 0.717) is 22.9 Å². The monoisotopic (exact) mass is 283 g/mol. The van der Waals surface area contributed by atoms with Crippen molar-refractivity contribution in [1.82, 2.24) is 9.88 Å². The van der Waals surface area contributed by atoms with E-state index in [9.17, 15) is 4.79 Å². The lowest BCUT2D eigenvalue weighted by Crippen LogP contribution is -2.36. The van der Waals surface area contributed by atoms with Crippen molar-refractivity contribution in [2.75, 3.05) is 18.4 Å². The Bertz CT molecular complexity index is 435. The topological polar surface area (TPSA) is 45.2 Å². The second-order valence-electron chi connectivity index (χ2n) is 4.66. The minimum atomic E-state index is -0.0514. The molecule has 106 valence electrons. The number of halogens is 1. The second kappa shape index (κ2) is 7.34. The number of nitrogens with zero attached hydrogens (tertiary/aromatic N) is 2. The van der Waals surface area contributed by atoms with Gasteiger partial charge in [0.05, 0.1) is 10.6 Å². The number of aromatic nitrogens is 1. The van der Waals surface area contributed by atoms with E-state index in [1.165, 1.54) is 6.20 Å². The fraction of sp³-hybridized carbons (Fsp3) is 0.571. The Hall–Kier alpha value is -1.29. The van der Waals surface area contributed by atoms with Crippen LogP contribution in [-0.4, -0.2) is 34.9 Å². The summed E-state index contributed by atoms with van der Waals surface area (Å²) in [5.41, 5.74) is 0.505. The number of anilines is 1. The Morgan fingerprint density at radius 1 is 1.47 bits per heavy atom. The molecule has 5 heteroatoms. The summed E-state index contributed by atoms with van der Waals surface area (Å²) in [6.07, 6.45) is 2.53. The molecule has 4 nitrogen and oxygen atoms in total. The van der Waals surface area contributed by atoms with Gasteiger partial charge in [-0.1, -0.05) is 18.5 Å². The van der Waals surface area contributed by atoms with Crippen LogP contribution in [0.2, 0.25) is 5.02 Å². The van der Waals surface area contributed by atoms with Crippen molar-refractivity contribution in [1.29, 1.82) is 0 Å². The first-order valence-corrected chi connectivity index (χ1v) is 7.09. The third kappa shape index (κ3) is 4.10. The fourth-order valence-electron chi connectivity index (χ4n) is 1.85. The van der Waals surface area contributed by atoms with Gasteiger partial charge >= 0.3 is 0 Å². The quantitative estimate of drug-likeness (QED) is 0.870. The zero-order valence-electron chi connectivity index (χ0n) is 12.0. The van der Waals surface area contributed by atoms with Crippen LogP contribution >= 0.6 is 11.6 Å². The number of hydrogen-bond acceptors (Lipinski definition) is 3. The van der Waals surface area contributed by atoms with Gasteiger partial charge in [0.25, 0.3) is 5.91 Å². The predicted molar refractivity (Wildman–Crippen MR) is 79.9 cm³/mol. The highest BCUT2D eigenvalue weighted by Crippen LogP contribution is 2.20. The van der Waals surface area contributed by atoms with Crippen LogP contribution in [0, 0.1) is 0 Å². The lowest BCUT2D eigenvalue weighted by atomic mass is 10.2. The zero-order valence-corrected chi connectivity index (χ0v) is 12.8. The first-order chi connectivity index (χ1) is 9.01. The van der Waals surface area contributed by atoms with Crippen molar-refractivity contribution < 1.29 is 4.79 Å². The van der Waals surface area contributed by atoms with Crippen LogP contribution in [0.4, 0.5) is 5.82 Å². The van der Waals surface area contributed by atoms with Crippen LogP contribution < -0.4 is 5.32 Å². The van der Waals surface area contributed by atoms with Gasteiger partial charge in [-0.2, -0.15) is 0 Å². The van der Waals surface area contributed by atoms with Gasteiger partial charge in [-0.3, -0.25) is 4.79 Å². The van der Waals surface area contributed by atoms with Crippen molar-refractivity contribution >= 4 is 23.3 Å². The highest BCUT2D eigenvalue weighted by Gasteiger charge is 2.20. The summed E-state index contributed by atoms with van der Waals surface area (Å²) in [6.45, 7) is 9.51. The summed E-state index contributed by atoms with van der Waals surface area (Å²) < 4.78 is 0. The number of hydrogen-bond donors (Lipinski definition) is 1. The summed E-state index contributed by atoms with van der Waals surface area (Å²) in [6, 6.07) is 1.87. The maximum Gasteiger partial charge on any atom is 0.255 e. The molecule has 0 unspecified atom stereocenters. The summed E-state index contributed by atoms with van der Waals surface area (Å²) in [5, 5.41) is 3.56. The van der Waals surface area contributed by atoms with Gasteiger partial charge < -0.3 is 10.2 Å². The molecule has 0 aromatic carbocycles. The Morgan fingerprint density at radius 3 is 2.68 bits per heavy atom. The maximum atomic E-state index is 12.5. The average molecular weight is 284 g/mol. The summed E-state index contributed by atoms with van der Waals surface area (Å²) in [5.74, 6) is 0.638. The first kappa shape index (κ1) is 15.8. The van der Waals surface area contributed by atoms with Crippen LogP contribution in [-0.2, 0) is 0 Å². The van der Waals surface area contributed by atoms with Gasteiger partial charge in [0.1, 0.15) is 5.82 Å². The van der Waals surface area contributed by atoms with E-state index in [-0.39, 0.29) is 11.9 Å². The number of pyridine rings is 1. The Balaban J connectivity index is 3.00. The van der Waals surface area contributed by atoms with E-state index in [2.05, 4.69) is 17.2 Å². The zero-order chi connectivity index (χ0) is 14.4. The lowest BCUT2D eigenvalue weighted by Gasteiger charge is -2.25. The Morgan fingerprint density at radius 2 is 2.16 bits per heavy atom. The molecule has 0 radical (unpaired) electrons. The van der Waals surface area contributed by atoms with E-state index in [1.807, 2.05) is 20.8 Å². The minimum absolute atomic E-state index is 0.0514. The smallest absolute Gasteiger partial charge is 0.255 e.